The Bertz CT molecular complexity index is 549. The predicted molar refractivity (Wildman–Crippen MR) is 67.1 cm³/mol. The van der Waals surface area contributed by atoms with Crippen LogP contribution in [0.2, 0.25) is 0 Å². The highest BCUT2D eigenvalue weighted by atomic mass is 32.2. The van der Waals surface area contributed by atoms with E-state index < -0.39 is 28.9 Å². The van der Waals surface area contributed by atoms with E-state index in [1.165, 1.54) is 16.9 Å². The first-order valence-corrected chi connectivity index (χ1v) is 7.26. The third-order valence-corrected chi connectivity index (χ3v) is 3.75. The predicted octanol–water partition coefficient (Wildman–Crippen LogP) is 1.20. The van der Waals surface area contributed by atoms with E-state index >= 15 is 0 Å². The summed E-state index contributed by atoms with van der Waals surface area (Å²) in [6.45, 7) is -1.19. The largest absolute Gasteiger partial charge is 0.492 e. The molecule has 0 fully saturated rings. The van der Waals surface area contributed by atoms with Gasteiger partial charge in [-0.3, -0.25) is 0 Å². The van der Waals surface area contributed by atoms with E-state index in [1.807, 2.05) is 0 Å². The molecule has 0 saturated carbocycles. The molecule has 3 N–H and O–H groups in total. The first-order chi connectivity index (χ1) is 9.69. The molecule has 1 aromatic carbocycles. The number of hydrogen-bond acceptors (Lipinski definition) is 4. The maximum absolute atomic E-state index is 12.7. The van der Waals surface area contributed by atoms with E-state index in [9.17, 15) is 26.0 Å². The second kappa shape index (κ2) is 7.05. The number of nitrogens with two attached hydrogens (primary N) is 1. The van der Waals surface area contributed by atoms with Gasteiger partial charge in [0.2, 0.25) is 10.0 Å². The quantitative estimate of drug-likeness (QED) is 0.702. The van der Waals surface area contributed by atoms with Crippen LogP contribution in [0.3, 0.4) is 0 Å². The lowest BCUT2D eigenvalue weighted by Gasteiger charge is -2.16. The third-order valence-electron chi connectivity index (χ3n) is 2.34. The summed E-state index contributed by atoms with van der Waals surface area (Å²) in [6.07, 6.45) is -3.95. The van der Waals surface area contributed by atoms with Gasteiger partial charge in [0, 0.05) is 6.54 Å². The zero-order chi connectivity index (χ0) is 16.1. The van der Waals surface area contributed by atoms with Gasteiger partial charge in [0.05, 0.1) is 11.4 Å². The van der Waals surface area contributed by atoms with Crippen LogP contribution >= 0.6 is 0 Å². The summed E-state index contributed by atoms with van der Waals surface area (Å²) in [5.41, 5.74) is 5.22. The lowest BCUT2D eigenvalue weighted by Crippen LogP contribution is -2.41. The molecule has 0 radical (unpaired) electrons. The van der Waals surface area contributed by atoms with E-state index in [0.717, 1.165) is 12.1 Å². The van der Waals surface area contributed by atoms with Crippen LogP contribution in [0.4, 0.5) is 17.6 Å². The molecule has 0 bridgehead atoms. The number of rotatable bonds is 8. The molecule has 0 aromatic heterocycles. The Hall–Kier alpha value is -1.39. The van der Waals surface area contributed by atoms with Crippen molar-refractivity contribution in [2.75, 3.05) is 19.7 Å². The molecule has 0 amide bonds. The molecule has 0 spiro atoms. The van der Waals surface area contributed by atoms with Gasteiger partial charge in [0.15, 0.2) is 0 Å². The normalized spacial score (nSPS) is 12.7. The van der Waals surface area contributed by atoms with Crippen LogP contribution in [0.25, 0.3) is 0 Å². The molecule has 10 heteroatoms. The zero-order valence-corrected chi connectivity index (χ0v) is 11.5. The van der Waals surface area contributed by atoms with Crippen LogP contribution in [0.5, 0.6) is 5.75 Å². The topological polar surface area (TPSA) is 81.4 Å². The SMILES string of the molecule is NCCOc1ccc(S(=O)(=O)NCC(F)(F)C(F)F)cc1. The number of benzene rings is 1. The summed E-state index contributed by atoms with van der Waals surface area (Å²) in [5, 5.41) is 0. The molecule has 0 atom stereocenters. The fourth-order valence-corrected chi connectivity index (χ4v) is 2.29. The average molecular weight is 330 g/mol. The molecule has 0 aliphatic heterocycles. The Kier molecular flexibility index (Phi) is 5.93. The van der Waals surface area contributed by atoms with Crippen LogP contribution in [0.15, 0.2) is 29.2 Å². The molecule has 0 heterocycles. The lowest BCUT2D eigenvalue weighted by atomic mass is 10.3. The van der Waals surface area contributed by atoms with E-state index in [2.05, 4.69) is 0 Å². The first kappa shape index (κ1) is 17.7. The van der Waals surface area contributed by atoms with Crippen molar-refractivity contribution in [3.63, 3.8) is 0 Å². The van der Waals surface area contributed by atoms with Gasteiger partial charge >= 0.3 is 12.3 Å². The van der Waals surface area contributed by atoms with Crippen molar-refractivity contribution in [1.29, 1.82) is 0 Å². The maximum atomic E-state index is 12.7. The first-order valence-electron chi connectivity index (χ1n) is 5.77. The van der Waals surface area contributed by atoms with Gasteiger partial charge in [-0.05, 0) is 24.3 Å². The minimum atomic E-state index is -4.43. The number of sulfonamides is 1. The fraction of sp³-hybridized carbons (Fsp3) is 0.455. The average Bonchev–Trinajstić information content (AvgIpc) is 2.43. The summed E-state index contributed by atoms with van der Waals surface area (Å²) < 4.78 is 79.2. The van der Waals surface area contributed by atoms with E-state index in [1.54, 1.807) is 0 Å². The van der Waals surface area contributed by atoms with Gasteiger partial charge in [-0.25, -0.2) is 21.9 Å². The molecule has 21 heavy (non-hydrogen) atoms. The maximum Gasteiger partial charge on any atom is 0.320 e. The van der Waals surface area contributed by atoms with Crippen LogP contribution in [-0.2, 0) is 10.0 Å². The molecule has 1 rings (SSSR count). The van der Waals surface area contributed by atoms with Crippen molar-refractivity contribution < 1.29 is 30.7 Å². The Labute approximate surface area is 119 Å². The number of nitrogens with one attached hydrogen (secondary N) is 1. The summed E-state index contributed by atoms with van der Waals surface area (Å²) in [6, 6.07) is 4.81. The Morgan fingerprint density at radius 2 is 1.81 bits per heavy atom. The van der Waals surface area contributed by atoms with Crippen molar-refractivity contribution >= 4 is 10.0 Å². The highest BCUT2D eigenvalue weighted by Gasteiger charge is 2.41. The highest BCUT2D eigenvalue weighted by molar-refractivity contribution is 7.89. The molecule has 0 unspecified atom stereocenters. The second-order valence-electron chi connectivity index (χ2n) is 3.99. The molecule has 0 aliphatic carbocycles. The van der Waals surface area contributed by atoms with Crippen LogP contribution in [0, 0.1) is 0 Å². The standard InChI is InChI=1S/C11H14F4N2O3S/c12-10(13)11(14,15)7-17-21(18,19)9-3-1-8(2-4-9)20-6-5-16/h1-4,10,17H,5-7,16H2. The molecular formula is C11H14F4N2O3S. The molecule has 0 aliphatic rings. The number of hydrogen-bond donors (Lipinski definition) is 2. The Morgan fingerprint density at radius 3 is 2.29 bits per heavy atom. The van der Waals surface area contributed by atoms with Gasteiger partial charge in [0.25, 0.3) is 0 Å². The number of alkyl halides is 4. The molecular weight excluding hydrogens is 316 g/mol. The fourth-order valence-electron chi connectivity index (χ4n) is 1.24. The Balaban J connectivity index is 2.74. The van der Waals surface area contributed by atoms with Gasteiger partial charge in [-0.15, -0.1) is 0 Å². The summed E-state index contributed by atoms with van der Waals surface area (Å²) in [7, 11) is -4.31. The minimum absolute atomic E-state index is 0.227. The van der Waals surface area contributed by atoms with Crippen LogP contribution < -0.4 is 15.2 Å². The van der Waals surface area contributed by atoms with Gasteiger partial charge in [0.1, 0.15) is 12.4 Å². The van der Waals surface area contributed by atoms with E-state index in [0.29, 0.717) is 5.75 Å². The third kappa shape index (κ3) is 5.14. The molecule has 5 nitrogen and oxygen atoms in total. The summed E-state index contributed by atoms with van der Waals surface area (Å²) in [5.74, 6) is -4.09. The second-order valence-corrected chi connectivity index (χ2v) is 5.76. The zero-order valence-electron chi connectivity index (χ0n) is 10.7. The summed E-state index contributed by atoms with van der Waals surface area (Å²) >= 11 is 0. The number of ether oxygens (including phenoxy) is 1. The van der Waals surface area contributed by atoms with Gasteiger partial charge in [-0.1, -0.05) is 0 Å². The monoisotopic (exact) mass is 330 g/mol. The van der Waals surface area contributed by atoms with E-state index in [4.69, 9.17) is 10.5 Å². The smallest absolute Gasteiger partial charge is 0.320 e. The van der Waals surface area contributed by atoms with Gasteiger partial charge < -0.3 is 10.5 Å². The highest BCUT2D eigenvalue weighted by Crippen LogP contribution is 2.23. The van der Waals surface area contributed by atoms with Crippen molar-refractivity contribution in [2.45, 2.75) is 17.2 Å². The Morgan fingerprint density at radius 1 is 1.24 bits per heavy atom. The van der Waals surface area contributed by atoms with Crippen molar-refractivity contribution in [3.05, 3.63) is 24.3 Å². The van der Waals surface area contributed by atoms with Crippen LogP contribution in [-0.4, -0.2) is 40.5 Å². The van der Waals surface area contributed by atoms with Crippen molar-refractivity contribution in [1.82, 2.24) is 4.72 Å². The molecule has 120 valence electrons. The molecule has 1 aromatic rings. The summed E-state index contributed by atoms with van der Waals surface area (Å²) in [4.78, 5) is -0.340. The van der Waals surface area contributed by atoms with Crippen molar-refractivity contribution in [3.8, 4) is 5.75 Å². The van der Waals surface area contributed by atoms with Crippen molar-refractivity contribution in [2.24, 2.45) is 5.73 Å². The molecule has 0 saturated heterocycles. The van der Waals surface area contributed by atoms with Gasteiger partial charge in [-0.2, -0.15) is 8.78 Å². The van der Waals surface area contributed by atoms with Crippen LogP contribution in [0.1, 0.15) is 0 Å². The minimum Gasteiger partial charge on any atom is -0.492 e. The number of halogens is 4. The lowest BCUT2D eigenvalue weighted by molar-refractivity contribution is -0.122. The van der Waals surface area contributed by atoms with E-state index in [-0.39, 0.29) is 18.0 Å².